The van der Waals surface area contributed by atoms with Crippen LogP contribution in [-0.4, -0.2) is 34.9 Å². The third-order valence-electron chi connectivity index (χ3n) is 4.84. The molecular weight excluding hydrogens is 374 g/mol. The number of aliphatic hydroxyl groups excluding tert-OH is 2. The van der Waals surface area contributed by atoms with E-state index in [0.29, 0.717) is 11.5 Å². The number of aliphatic hydroxyl groups is 2. The highest BCUT2D eigenvalue weighted by Crippen LogP contribution is 2.18. The minimum Gasteiger partial charge on any atom is -0.394 e. The van der Waals surface area contributed by atoms with E-state index in [2.05, 4.69) is 31.3 Å². The van der Waals surface area contributed by atoms with E-state index in [4.69, 9.17) is 5.11 Å². The highest BCUT2D eigenvalue weighted by molar-refractivity contribution is 5.93. The van der Waals surface area contributed by atoms with Crippen LogP contribution in [0.4, 0.5) is 0 Å². The summed E-state index contributed by atoms with van der Waals surface area (Å²) in [5, 5.41) is 22.1. The second-order valence-electron chi connectivity index (χ2n) is 8.05. The fourth-order valence-corrected chi connectivity index (χ4v) is 2.70. The lowest BCUT2D eigenvalue weighted by atomic mass is 9.93. The molecule has 30 heavy (non-hydrogen) atoms. The maximum atomic E-state index is 11.8. The van der Waals surface area contributed by atoms with Crippen molar-refractivity contribution in [1.29, 1.82) is 0 Å². The minimum atomic E-state index is -0.464. The second kappa shape index (κ2) is 15.6. The van der Waals surface area contributed by atoms with Crippen LogP contribution < -0.4 is 5.32 Å². The molecule has 0 aliphatic heterocycles. The Hall–Kier alpha value is -2.17. The fraction of sp³-hybridized carbons (Fsp3) is 0.500. The van der Waals surface area contributed by atoms with Gasteiger partial charge in [0.05, 0.1) is 12.7 Å². The topological polar surface area (TPSA) is 69.6 Å². The van der Waals surface area contributed by atoms with E-state index in [1.165, 1.54) is 0 Å². The van der Waals surface area contributed by atoms with Crippen LogP contribution in [0.3, 0.4) is 0 Å². The number of carbonyl (C=O) groups excluding carboxylic acids is 1. The number of amides is 1. The minimum absolute atomic E-state index is 0.0478. The number of hydrogen-bond acceptors (Lipinski definition) is 3. The van der Waals surface area contributed by atoms with E-state index in [9.17, 15) is 9.90 Å². The Morgan fingerprint density at radius 3 is 2.17 bits per heavy atom. The van der Waals surface area contributed by atoms with Crippen molar-refractivity contribution in [2.24, 2.45) is 11.8 Å². The molecule has 0 bridgehead atoms. The lowest BCUT2D eigenvalue weighted by molar-refractivity contribution is -0.118. The highest BCUT2D eigenvalue weighted by Gasteiger charge is 2.14. The van der Waals surface area contributed by atoms with Gasteiger partial charge >= 0.3 is 0 Å². The summed E-state index contributed by atoms with van der Waals surface area (Å²) in [6.07, 6.45) is 18.0. The molecule has 0 saturated carbocycles. The van der Waals surface area contributed by atoms with Gasteiger partial charge in [-0.05, 0) is 39.2 Å². The Labute approximate surface area is 183 Å². The molecule has 4 atom stereocenters. The Morgan fingerprint density at radius 1 is 0.967 bits per heavy atom. The van der Waals surface area contributed by atoms with Gasteiger partial charge in [0.15, 0.2) is 0 Å². The molecule has 0 aromatic heterocycles. The van der Waals surface area contributed by atoms with Gasteiger partial charge in [0.2, 0.25) is 5.91 Å². The van der Waals surface area contributed by atoms with Crippen LogP contribution in [-0.2, 0) is 4.79 Å². The van der Waals surface area contributed by atoms with Gasteiger partial charge in [-0.1, -0.05) is 87.4 Å². The standard InChI is InChI=1S/C26H41NO3/c1-8-19(2)16-22(5)25(29)23(6)17-20(3)14-12-10-9-11-13-15-21(4)26(30)27-24(7)18-28/h9-17,19,23-25,28-29H,8,18H2,1-7H3,(H,27,30)/t19-,23+,24-,25-/m0/s1. The third-order valence-corrected chi connectivity index (χ3v) is 4.84. The molecule has 4 nitrogen and oxygen atoms in total. The number of hydrogen-bond donors (Lipinski definition) is 3. The number of carbonyl (C=O) groups is 1. The molecule has 168 valence electrons. The Morgan fingerprint density at radius 2 is 1.57 bits per heavy atom. The average Bonchev–Trinajstić information content (AvgIpc) is 2.71. The lowest BCUT2D eigenvalue weighted by Gasteiger charge is -2.18. The summed E-state index contributed by atoms with van der Waals surface area (Å²) in [7, 11) is 0. The molecule has 0 rings (SSSR count). The normalized spacial score (nSPS) is 18.2. The van der Waals surface area contributed by atoms with Crippen LogP contribution >= 0.6 is 0 Å². The molecule has 0 spiro atoms. The molecule has 0 saturated heterocycles. The Balaban J connectivity index is 4.68. The maximum absolute atomic E-state index is 11.8. The zero-order chi connectivity index (χ0) is 23.1. The smallest absolute Gasteiger partial charge is 0.247 e. The van der Waals surface area contributed by atoms with Crippen LogP contribution in [0.5, 0.6) is 0 Å². The molecule has 0 aromatic carbocycles. The predicted octanol–water partition coefficient (Wildman–Crippen LogP) is 5.03. The van der Waals surface area contributed by atoms with Gasteiger partial charge in [-0.25, -0.2) is 0 Å². The van der Waals surface area contributed by atoms with Crippen molar-refractivity contribution in [3.8, 4) is 0 Å². The van der Waals surface area contributed by atoms with Crippen molar-refractivity contribution in [1.82, 2.24) is 5.32 Å². The van der Waals surface area contributed by atoms with E-state index in [1.54, 1.807) is 26.0 Å². The quantitative estimate of drug-likeness (QED) is 0.238. The van der Waals surface area contributed by atoms with Crippen molar-refractivity contribution >= 4 is 5.91 Å². The molecule has 0 heterocycles. The fourth-order valence-electron chi connectivity index (χ4n) is 2.70. The second-order valence-corrected chi connectivity index (χ2v) is 8.05. The van der Waals surface area contributed by atoms with Gasteiger partial charge in [-0.15, -0.1) is 0 Å². The SMILES string of the molecule is CC[C@H](C)C=C(C)[C@H](O)[C@H](C)C=C(C)C=CC=CC=CC=C(C)C(=O)N[C@@H](C)CO. The molecule has 0 unspecified atom stereocenters. The molecule has 0 aromatic rings. The van der Waals surface area contributed by atoms with Crippen LogP contribution in [0.2, 0.25) is 0 Å². The monoisotopic (exact) mass is 415 g/mol. The van der Waals surface area contributed by atoms with Gasteiger partial charge in [-0.2, -0.15) is 0 Å². The Kier molecular flexibility index (Phi) is 14.5. The lowest BCUT2D eigenvalue weighted by Crippen LogP contribution is -2.35. The Bertz CT molecular complexity index is 695. The van der Waals surface area contributed by atoms with Crippen molar-refractivity contribution in [3.05, 3.63) is 71.4 Å². The van der Waals surface area contributed by atoms with Crippen LogP contribution in [0.25, 0.3) is 0 Å². The van der Waals surface area contributed by atoms with E-state index < -0.39 is 6.10 Å². The van der Waals surface area contributed by atoms with Gasteiger partial charge in [0.1, 0.15) is 0 Å². The van der Waals surface area contributed by atoms with Crippen molar-refractivity contribution in [2.45, 2.75) is 67.0 Å². The van der Waals surface area contributed by atoms with Gasteiger partial charge in [-0.3, -0.25) is 4.79 Å². The maximum Gasteiger partial charge on any atom is 0.247 e. The molecule has 0 aliphatic rings. The molecular formula is C26H41NO3. The highest BCUT2D eigenvalue weighted by atomic mass is 16.3. The summed E-state index contributed by atoms with van der Waals surface area (Å²) in [4.78, 5) is 11.8. The zero-order valence-electron chi connectivity index (χ0n) is 19.7. The first-order chi connectivity index (χ1) is 14.1. The average molecular weight is 416 g/mol. The first-order valence-corrected chi connectivity index (χ1v) is 10.8. The van der Waals surface area contributed by atoms with Crippen molar-refractivity contribution in [3.63, 3.8) is 0 Å². The summed E-state index contributed by atoms with van der Waals surface area (Å²) >= 11 is 0. The first-order valence-electron chi connectivity index (χ1n) is 10.8. The molecule has 0 aliphatic carbocycles. The number of rotatable bonds is 12. The van der Waals surface area contributed by atoms with Gasteiger partial charge in [0, 0.05) is 17.5 Å². The van der Waals surface area contributed by atoms with E-state index in [1.807, 2.05) is 51.2 Å². The zero-order valence-corrected chi connectivity index (χ0v) is 19.7. The number of nitrogens with one attached hydrogen (secondary N) is 1. The molecule has 0 radical (unpaired) electrons. The van der Waals surface area contributed by atoms with E-state index >= 15 is 0 Å². The number of allylic oxidation sites excluding steroid dienone is 9. The van der Waals surface area contributed by atoms with Crippen LogP contribution in [0, 0.1) is 11.8 Å². The summed E-state index contributed by atoms with van der Waals surface area (Å²) in [5.41, 5.74) is 2.70. The summed E-state index contributed by atoms with van der Waals surface area (Å²) < 4.78 is 0. The van der Waals surface area contributed by atoms with Crippen molar-refractivity contribution < 1.29 is 15.0 Å². The molecule has 3 N–H and O–H groups in total. The van der Waals surface area contributed by atoms with Crippen LogP contribution in [0.1, 0.15) is 54.9 Å². The first kappa shape index (κ1) is 27.8. The summed E-state index contributed by atoms with van der Waals surface area (Å²) in [5.74, 6) is 0.343. The van der Waals surface area contributed by atoms with E-state index in [0.717, 1.165) is 17.6 Å². The van der Waals surface area contributed by atoms with Crippen molar-refractivity contribution in [2.75, 3.05) is 6.61 Å². The summed E-state index contributed by atoms with van der Waals surface area (Å²) in [6.45, 7) is 13.8. The van der Waals surface area contributed by atoms with Crippen LogP contribution in [0.15, 0.2) is 71.4 Å². The van der Waals surface area contributed by atoms with Gasteiger partial charge < -0.3 is 15.5 Å². The predicted molar refractivity (Wildman–Crippen MR) is 128 cm³/mol. The van der Waals surface area contributed by atoms with Gasteiger partial charge in [0.25, 0.3) is 0 Å². The van der Waals surface area contributed by atoms with E-state index in [-0.39, 0.29) is 24.5 Å². The largest absolute Gasteiger partial charge is 0.394 e. The molecule has 4 heteroatoms. The summed E-state index contributed by atoms with van der Waals surface area (Å²) in [6, 6.07) is -0.255. The third kappa shape index (κ3) is 12.4. The molecule has 1 amide bonds. The molecule has 0 fully saturated rings.